The quantitative estimate of drug-likeness (QED) is 0.500. The summed E-state index contributed by atoms with van der Waals surface area (Å²) in [5.74, 6) is -3.62. The summed E-state index contributed by atoms with van der Waals surface area (Å²) in [6.45, 7) is 0. The number of rotatable bonds is 5. The number of aliphatic carboxylic acids is 1. The molecule has 1 amide bonds. The smallest absolute Gasteiger partial charge is 0.419 e. The third-order valence-corrected chi connectivity index (χ3v) is 5.62. The number of nitrogens with one attached hydrogen (secondary N) is 1. The van der Waals surface area contributed by atoms with E-state index >= 15 is 0 Å². The maximum Gasteiger partial charge on any atom is 0.419 e. The first kappa shape index (κ1) is 23.5. The average Bonchev–Trinajstić information content (AvgIpc) is 2.99. The van der Waals surface area contributed by atoms with Gasteiger partial charge in [-0.2, -0.15) is 13.2 Å². The molecule has 32 heavy (non-hydrogen) atoms. The largest absolute Gasteiger partial charge is 0.481 e. The molecule has 1 saturated carbocycles. The number of carboxylic acid groups (broad SMARTS) is 1. The zero-order valence-corrected chi connectivity index (χ0v) is 17.3. The number of pyridine rings is 1. The van der Waals surface area contributed by atoms with E-state index in [2.05, 4.69) is 10.3 Å². The fourth-order valence-electron chi connectivity index (χ4n) is 3.90. The van der Waals surface area contributed by atoms with Crippen molar-refractivity contribution in [3.8, 4) is 17.0 Å². The van der Waals surface area contributed by atoms with Crippen LogP contribution in [0.5, 0.6) is 5.88 Å². The maximum absolute atomic E-state index is 14.7. The summed E-state index contributed by atoms with van der Waals surface area (Å²) in [6.07, 6.45) is -0.317. The molecule has 172 valence electrons. The summed E-state index contributed by atoms with van der Waals surface area (Å²) >= 11 is 0. The first-order chi connectivity index (χ1) is 15.1. The van der Waals surface area contributed by atoms with Crippen LogP contribution in [0.3, 0.4) is 0 Å². The SMILES string of the molecule is COc1ncc(C(=O)NC2(C(=O)O)CCCCCC2)cc1-c1cccc(C(F)(F)F)c1F. The van der Waals surface area contributed by atoms with Crippen LogP contribution in [0.4, 0.5) is 17.6 Å². The number of hydrogen-bond acceptors (Lipinski definition) is 4. The van der Waals surface area contributed by atoms with E-state index in [1.54, 1.807) is 0 Å². The number of ether oxygens (including phenoxy) is 1. The first-order valence-corrected chi connectivity index (χ1v) is 10.0. The van der Waals surface area contributed by atoms with Crippen molar-refractivity contribution >= 4 is 11.9 Å². The molecule has 0 spiro atoms. The Hall–Kier alpha value is -3.17. The molecule has 0 unspecified atom stereocenters. The van der Waals surface area contributed by atoms with Crippen LogP contribution in [-0.2, 0) is 11.0 Å². The lowest BCUT2D eigenvalue weighted by atomic mass is 9.89. The Morgan fingerprint density at radius 1 is 1.12 bits per heavy atom. The molecule has 0 bridgehead atoms. The van der Waals surface area contributed by atoms with Gasteiger partial charge in [0.2, 0.25) is 5.88 Å². The lowest BCUT2D eigenvalue weighted by molar-refractivity contribution is -0.145. The van der Waals surface area contributed by atoms with Gasteiger partial charge in [-0.25, -0.2) is 14.2 Å². The second-order valence-corrected chi connectivity index (χ2v) is 7.70. The number of methoxy groups -OCH3 is 1. The average molecular weight is 454 g/mol. The normalized spacial score (nSPS) is 16.2. The number of carbonyl (C=O) groups excluding carboxylic acids is 1. The molecule has 0 atom stereocenters. The molecule has 1 aromatic carbocycles. The molecule has 10 heteroatoms. The molecule has 0 aliphatic heterocycles. The molecule has 1 fully saturated rings. The molecule has 6 nitrogen and oxygen atoms in total. The number of aromatic nitrogens is 1. The van der Waals surface area contributed by atoms with Crippen molar-refractivity contribution in [2.75, 3.05) is 7.11 Å². The number of nitrogens with zero attached hydrogens (tertiary/aromatic N) is 1. The van der Waals surface area contributed by atoms with Gasteiger partial charge >= 0.3 is 12.1 Å². The Morgan fingerprint density at radius 3 is 2.34 bits per heavy atom. The standard InChI is InChI=1S/C22H22F4N2O4/c1-32-19-15(14-7-6-8-16(17(14)23)22(24,25)26)11-13(12-27-19)18(29)28-21(20(30)31)9-4-2-3-5-10-21/h6-8,11-12H,2-5,9-10H2,1H3,(H,28,29)(H,30,31). The van der Waals surface area contributed by atoms with E-state index in [1.807, 2.05) is 0 Å². The van der Waals surface area contributed by atoms with Crippen LogP contribution < -0.4 is 10.1 Å². The molecule has 1 aliphatic rings. The van der Waals surface area contributed by atoms with Gasteiger partial charge in [0, 0.05) is 17.3 Å². The van der Waals surface area contributed by atoms with E-state index in [4.69, 9.17) is 4.74 Å². The van der Waals surface area contributed by atoms with Crippen LogP contribution in [0.25, 0.3) is 11.1 Å². The monoisotopic (exact) mass is 454 g/mol. The second kappa shape index (κ2) is 9.13. The number of alkyl halides is 3. The van der Waals surface area contributed by atoms with Crippen molar-refractivity contribution in [1.82, 2.24) is 10.3 Å². The molecule has 2 N–H and O–H groups in total. The van der Waals surface area contributed by atoms with E-state index in [-0.39, 0.29) is 29.8 Å². The van der Waals surface area contributed by atoms with Crippen molar-refractivity contribution in [2.45, 2.75) is 50.2 Å². The molecule has 1 aromatic heterocycles. The number of carbonyl (C=O) groups is 2. The summed E-state index contributed by atoms with van der Waals surface area (Å²) in [6, 6.07) is 3.91. The van der Waals surface area contributed by atoms with Gasteiger partial charge in [0.15, 0.2) is 0 Å². The maximum atomic E-state index is 14.7. The van der Waals surface area contributed by atoms with Gasteiger partial charge < -0.3 is 15.2 Å². The minimum atomic E-state index is -4.91. The highest BCUT2D eigenvalue weighted by molar-refractivity contribution is 5.98. The van der Waals surface area contributed by atoms with Gasteiger partial charge in [-0.05, 0) is 25.0 Å². The van der Waals surface area contributed by atoms with Gasteiger partial charge in [-0.1, -0.05) is 37.8 Å². The molecule has 3 rings (SSSR count). The highest BCUT2D eigenvalue weighted by atomic mass is 19.4. The van der Waals surface area contributed by atoms with Gasteiger partial charge in [0.05, 0.1) is 18.2 Å². The van der Waals surface area contributed by atoms with Crippen molar-refractivity contribution < 1.29 is 37.0 Å². The molecular formula is C22H22F4N2O4. The minimum absolute atomic E-state index is 0.123. The number of amides is 1. The lowest BCUT2D eigenvalue weighted by Gasteiger charge is -2.29. The van der Waals surface area contributed by atoms with Crippen LogP contribution in [0, 0.1) is 5.82 Å². The molecular weight excluding hydrogens is 432 g/mol. The number of hydrogen-bond donors (Lipinski definition) is 2. The molecule has 1 heterocycles. The summed E-state index contributed by atoms with van der Waals surface area (Å²) < 4.78 is 59.2. The highest BCUT2D eigenvalue weighted by Crippen LogP contribution is 2.38. The number of halogens is 4. The highest BCUT2D eigenvalue weighted by Gasteiger charge is 2.40. The van der Waals surface area contributed by atoms with Crippen LogP contribution in [-0.4, -0.2) is 34.6 Å². The Kier molecular flexibility index (Phi) is 6.71. The summed E-state index contributed by atoms with van der Waals surface area (Å²) in [5.41, 5.74) is -3.64. The van der Waals surface area contributed by atoms with Crippen LogP contribution in [0.2, 0.25) is 0 Å². The Bertz CT molecular complexity index is 1020. The summed E-state index contributed by atoms with van der Waals surface area (Å²) in [7, 11) is 1.21. The number of carboxylic acids is 1. The Labute approximate surface area is 181 Å². The second-order valence-electron chi connectivity index (χ2n) is 7.70. The third kappa shape index (κ3) is 4.68. The van der Waals surface area contributed by atoms with E-state index in [1.165, 1.54) is 7.11 Å². The van der Waals surface area contributed by atoms with E-state index in [0.29, 0.717) is 18.9 Å². The van der Waals surface area contributed by atoms with Gasteiger partial charge in [-0.15, -0.1) is 0 Å². The van der Waals surface area contributed by atoms with E-state index < -0.39 is 40.5 Å². The fraction of sp³-hybridized carbons (Fsp3) is 0.409. The summed E-state index contributed by atoms with van der Waals surface area (Å²) in [5, 5.41) is 12.3. The fourth-order valence-corrected chi connectivity index (χ4v) is 3.90. The van der Waals surface area contributed by atoms with Crippen LogP contribution in [0.1, 0.15) is 54.4 Å². The molecule has 0 radical (unpaired) electrons. The van der Waals surface area contributed by atoms with Gasteiger partial charge in [0.1, 0.15) is 11.4 Å². The van der Waals surface area contributed by atoms with E-state index in [9.17, 15) is 32.3 Å². The predicted molar refractivity (Wildman–Crippen MR) is 107 cm³/mol. The van der Waals surface area contributed by atoms with Gasteiger partial charge in [-0.3, -0.25) is 4.79 Å². The van der Waals surface area contributed by atoms with Crippen molar-refractivity contribution in [3.63, 3.8) is 0 Å². The topological polar surface area (TPSA) is 88.5 Å². The zero-order chi connectivity index (χ0) is 23.5. The summed E-state index contributed by atoms with van der Waals surface area (Å²) in [4.78, 5) is 28.8. The lowest BCUT2D eigenvalue weighted by Crippen LogP contribution is -2.54. The predicted octanol–water partition coefficient (Wildman–Crippen LogP) is 4.82. The Morgan fingerprint density at radius 2 is 1.78 bits per heavy atom. The van der Waals surface area contributed by atoms with Crippen molar-refractivity contribution in [1.29, 1.82) is 0 Å². The minimum Gasteiger partial charge on any atom is -0.481 e. The number of benzene rings is 1. The van der Waals surface area contributed by atoms with Crippen molar-refractivity contribution in [3.05, 3.63) is 47.4 Å². The zero-order valence-electron chi connectivity index (χ0n) is 17.3. The van der Waals surface area contributed by atoms with Crippen LogP contribution in [0.15, 0.2) is 30.5 Å². The first-order valence-electron chi connectivity index (χ1n) is 10.0. The van der Waals surface area contributed by atoms with Gasteiger partial charge in [0.25, 0.3) is 5.91 Å². The Balaban J connectivity index is 2.02. The third-order valence-electron chi connectivity index (χ3n) is 5.62. The molecule has 0 saturated heterocycles. The van der Waals surface area contributed by atoms with Crippen molar-refractivity contribution in [2.24, 2.45) is 0 Å². The molecule has 1 aliphatic carbocycles. The molecule has 2 aromatic rings. The van der Waals surface area contributed by atoms with E-state index in [0.717, 1.165) is 37.2 Å². The van der Waals surface area contributed by atoms with Crippen LogP contribution >= 0.6 is 0 Å².